The van der Waals surface area contributed by atoms with Gasteiger partial charge >= 0.3 is 5.97 Å². The molecule has 0 bridgehead atoms. The minimum atomic E-state index is -0.928. The molecule has 0 aliphatic heterocycles. The normalized spacial score (nSPS) is 28.6. The van der Waals surface area contributed by atoms with Gasteiger partial charge in [0.05, 0.1) is 5.00 Å². The Bertz CT molecular complexity index is 525. The zero-order chi connectivity index (χ0) is 13.6. The summed E-state index contributed by atoms with van der Waals surface area (Å²) in [5, 5.41) is 12.5. The number of aromatic carboxylic acids is 1. The van der Waals surface area contributed by atoms with Gasteiger partial charge in [-0.3, -0.25) is 4.79 Å². The topological polar surface area (TPSA) is 66.4 Å². The fourth-order valence-corrected chi connectivity index (χ4v) is 4.26. The number of rotatable bonds is 3. The summed E-state index contributed by atoms with van der Waals surface area (Å²) in [7, 11) is 0. The molecule has 102 valence electrons. The van der Waals surface area contributed by atoms with Crippen molar-refractivity contribution in [2.45, 2.75) is 32.6 Å². The minimum absolute atomic E-state index is 0.0788. The quantitative estimate of drug-likeness (QED) is 0.893. The SMILES string of the molecule is Cc1cc(NC(=O)C2C3CCCCC32)sc1C(=O)O. The van der Waals surface area contributed by atoms with E-state index in [-0.39, 0.29) is 11.8 Å². The first-order chi connectivity index (χ1) is 9.08. The molecular weight excluding hydrogens is 262 g/mol. The van der Waals surface area contributed by atoms with Gasteiger partial charge in [-0.2, -0.15) is 0 Å². The summed E-state index contributed by atoms with van der Waals surface area (Å²) >= 11 is 1.14. The Balaban J connectivity index is 1.67. The maximum atomic E-state index is 12.2. The molecule has 19 heavy (non-hydrogen) atoms. The van der Waals surface area contributed by atoms with Crippen molar-refractivity contribution in [1.29, 1.82) is 0 Å². The van der Waals surface area contributed by atoms with Crippen molar-refractivity contribution in [3.05, 3.63) is 16.5 Å². The van der Waals surface area contributed by atoms with E-state index in [9.17, 15) is 9.59 Å². The van der Waals surface area contributed by atoms with Crippen molar-refractivity contribution < 1.29 is 14.7 Å². The summed E-state index contributed by atoms with van der Waals surface area (Å²) < 4.78 is 0. The highest BCUT2D eigenvalue weighted by Crippen LogP contribution is 2.55. The van der Waals surface area contributed by atoms with Crippen molar-refractivity contribution in [2.24, 2.45) is 17.8 Å². The number of amides is 1. The molecule has 4 nitrogen and oxygen atoms in total. The number of carbonyl (C=O) groups is 2. The Labute approximate surface area is 115 Å². The number of carbonyl (C=O) groups excluding carboxylic acids is 1. The number of thiophene rings is 1. The third-order valence-corrected chi connectivity index (χ3v) is 5.46. The van der Waals surface area contributed by atoms with Crippen LogP contribution in [0, 0.1) is 24.7 Å². The predicted molar refractivity (Wildman–Crippen MR) is 73.6 cm³/mol. The van der Waals surface area contributed by atoms with Crippen molar-refractivity contribution in [1.82, 2.24) is 0 Å². The maximum Gasteiger partial charge on any atom is 0.346 e. The van der Waals surface area contributed by atoms with Crippen LogP contribution in [0.5, 0.6) is 0 Å². The fourth-order valence-electron chi connectivity index (χ4n) is 3.34. The summed E-state index contributed by atoms with van der Waals surface area (Å²) in [5.74, 6) is 0.471. The lowest BCUT2D eigenvalue weighted by Crippen LogP contribution is -2.14. The fraction of sp³-hybridized carbons (Fsp3) is 0.571. The van der Waals surface area contributed by atoms with E-state index in [1.165, 1.54) is 25.7 Å². The Morgan fingerprint density at radius 1 is 1.32 bits per heavy atom. The van der Waals surface area contributed by atoms with E-state index in [4.69, 9.17) is 5.11 Å². The molecule has 1 amide bonds. The van der Waals surface area contributed by atoms with E-state index in [1.807, 2.05) is 0 Å². The number of nitrogens with one attached hydrogen (secondary N) is 1. The van der Waals surface area contributed by atoms with Gasteiger partial charge in [-0.25, -0.2) is 4.79 Å². The van der Waals surface area contributed by atoms with Crippen LogP contribution in [0.1, 0.15) is 40.9 Å². The molecule has 2 unspecified atom stereocenters. The lowest BCUT2D eigenvalue weighted by Gasteiger charge is -2.04. The number of anilines is 1. The van der Waals surface area contributed by atoms with E-state index >= 15 is 0 Å². The van der Waals surface area contributed by atoms with E-state index in [2.05, 4.69) is 5.32 Å². The Morgan fingerprint density at radius 3 is 2.47 bits per heavy atom. The van der Waals surface area contributed by atoms with Gasteiger partial charge in [0.1, 0.15) is 4.88 Å². The molecule has 1 aromatic heterocycles. The Hall–Kier alpha value is -1.36. The average Bonchev–Trinajstić information content (AvgIpc) is 2.98. The van der Waals surface area contributed by atoms with Gasteiger partial charge in [0.15, 0.2) is 0 Å². The van der Waals surface area contributed by atoms with Gasteiger partial charge in [0.25, 0.3) is 0 Å². The molecule has 2 atom stereocenters. The van der Waals surface area contributed by atoms with E-state index in [0.29, 0.717) is 27.3 Å². The lowest BCUT2D eigenvalue weighted by molar-refractivity contribution is -0.117. The first kappa shape index (κ1) is 12.7. The van der Waals surface area contributed by atoms with Crippen LogP contribution in [0.2, 0.25) is 0 Å². The van der Waals surface area contributed by atoms with Gasteiger partial charge in [0, 0.05) is 5.92 Å². The zero-order valence-corrected chi connectivity index (χ0v) is 11.6. The van der Waals surface area contributed by atoms with Crippen molar-refractivity contribution in [2.75, 3.05) is 5.32 Å². The first-order valence-electron chi connectivity index (χ1n) is 6.72. The number of aryl methyl sites for hydroxylation is 1. The second-order valence-electron chi connectivity index (χ2n) is 5.56. The van der Waals surface area contributed by atoms with E-state index in [1.54, 1.807) is 13.0 Å². The maximum absolute atomic E-state index is 12.2. The number of carboxylic acid groups (broad SMARTS) is 1. The summed E-state index contributed by atoms with van der Waals surface area (Å²) in [5.41, 5.74) is 0.709. The molecule has 0 saturated heterocycles. The molecule has 2 aliphatic rings. The van der Waals surface area contributed by atoms with Gasteiger partial charge in [-0.1, -0.05) is 12.8 Å². The predicted octanol–water partition coefficient (Wildman–Crippen LogP) is 3.13. The Kier molecular flexibility index (Phi) is 3.09. The molecule has 1 heterocycles. The van der Waals surface area contributed by atoms with Gasteiger partial charge in [0.2, 0.25) is 5.91 Å². The highest BCUT2D eigenvalue weighted by Gasteiger charge is 2.54. The van der Waals surface area contributed by atoms with Crippen LogP contribution in [0.15, 0.2) is 6.07 Å². The van der Waals surface area contributed by atoms with Crippen LogP contribution in [-0.4, -0.2) is 17.0 Å². The van der Waals surface area contributed by atoms with Gasteiger partial charge < -0.3 is 10.4 Å². The van der Waals surface area contributed by atoms with Crippen LogP contribution in [-0.2, 0) is 4.79 Å². The smallest absolute Gasteiger partial charge is 0.346 e. The van der Waals surface area contributed by atoms with Crippen molar-refractivity contribution in [3.8, 4) is 0 Å². The molecule has 2 saturated carbocycles. The third-order valence-electron chi connectivity index (χ3n) is 4.32. The number of fused-ring (bicyclic) bond motifs is 1. The molecule has 0 spiro atoms. The summed E-state index contributed by atoms with van der Waals surface area (Å²) in [4.78, 5) is 23.5. The Morgan fingerprint density at radius 2 is 1.95 bits per heavy atom. The van der Waals surface area contributed by atoms with Crippen LogP contribution >= 0.6 is 11.3 Å². The van der Waals surface area contributed by atoms with Crippen LogP contribution in [0.3, 0.4) is 0 Å². The molecular formula is C14H17NO3S. The zero-order valence-electron chi connectivity index (χ0n) is 10.8. The molecule has 0 aromatic carbocycles. The molecule has 1 aromatic rings. The average molecular weight is 279 g/mol. The minimum Gasteiger partial charge on any atom is -0.477 e. The highest BCUT2D eigenvalue weighted by molar-refractivity contribution is 7.18. The van der Waals surface area contributed by atoms with Gasteiger partial charge in [-0.05, 0) is 43.2 Å². The summed E-state index contributed by atoms with van der Waals surface area (Å²) in [6.07, 6.45) is 4.83. The molecule has 0 radical (unpaired) electrons. The van der Waals surface area contributed by atoms with E-state index in [0.717, 1.165) is 11.3 Å². The monoisotopic (exact) mass is 279 g/mol. The number of hydrogen-bond acceptors (Lipinski definition) is 3. The summed E-state index contributed by atoms with van der Waals surface area (Å²) in [6.45, 7) is 1.76. The van der Waals surface area contributed by atoms with Crippen molar-refractivity contribution in [3.63, 3.8) is 0 Å². The molecule has 2 fully saturated rings. The summed E-state index contributed by atoms with van der Waals surface area (Å²) in [6, 6.07) is 1.75. The standard InChI is InChI=1S/C14H17NO3S/c1-7-6-10(19-12(7)14(17)18)15-13(16)11-8-4-2-3-5-9(8)11/h6,8-9,11H,2-5H2,1H3,(H,15,16)(H,17,18). The van der Waals surface area contributed by atoms with Crippen molar-refractivity contribution >= 4 is 28.2 Å². The van der Waals surface area contributed by atoms with E-state index < -0.39 is 5.97 Å². The number of hydrogen-bond donors (Lipinski definition) is 2. The highest BCUT2D eigenvalue weighted by atomic mass is 32.1. The van der Waals surface area contributed by atoms with Crippen LogP contribution < -0.4 is 5.32 Å². The first-order valence-corrected chi connectivity index (χ1v) is 7.54. The molecule has 3 rings (SSSR count). The van der Waals surface area contributed by atoms with Crippen LogP contribution in [0.25, 0.3) is 0 Å². The number of carboxylic acids is 1. The molecule has 2 aliphatic carbocycles. The lowest BCUT2D eigenvalue weighted by atomic mass is 10.0. The second-order valence-corrected chi connectivity index (χ2v) is 6.61. The molecule has 5 heteroatoms. The third kappa shape index (κ3) is 2.27. The molecule has 2 N–H and O–H groups in total. The largest absolute Gasteiger partial charge is 0.477 e. The second kappa shape index (κ2) is 4.63. The van der Waals surface area contributed by atoms with Gasteiger partial charge in [-0.15, -0.1) is 11.3 Å². The van der Waals surface area contributed by atoms with Crippen LogP contribution in [0.4, 0.5) is 5.00 Å².